The van der Waals surface area contributed by atoms with Gasteiger partial charge in [-0.15, -0.1) is 13.2 Å². The summed E-state index contributed by atoms with van der Waals surface area (Å²) in [6.07, 6.45) is -4.87. The van der Waals surface area contributed by atoms with Gasteiger partial charge in [0.1, 0.15) is 0 Å². The molecule has 0 aliphatic heterocycles. The van der Waals surface area contributed by atoms with Crippen LogP contribution in [0, 0.1) is 0 Å². The molecule has 1 aromatic rings. The van der Waals surface area contributed by atoms with Gasteiger partial charge in [0, 0.05) is 4.47 Å². The molecule has 0 saturated heterocycles. The van der Waals surface area contributed by atoms with Gasteiger partial charge in [0.2, 0.25) is 5.91 Å². The molecule has 0 aliphatic carbocycles. The van der Waals surface area contributed by atoms with Crippen molar-refractivity contribution >= 4 is 33.6 Å². The molecule has 6 nitrogen and oxygen atoms in total. The number of nitrogens with one attached hydrogen (secondary N) is 2. The third kappa shape index (κ3) is 5.78. The van der Waals surface area contributed by atoms with Crippen LogP contribution >= 0.6 is 15.9 Å². The second-order valence-corrected chi connectivity index (χ2v) is 4.37. The number of imide groups is 1. The zero-order chi connectivity index (χ0) is 15.3. The van der Waals surface area contributed by atoms with Crippen molar-refractivity contribution in [2.24, 2.45) is 5.73 Å². The number of hydrogen-bond donors (Lipinski definition) is 3. The maximum Gasteiger partial charge on any atom is 0.573 e. The number of ether oxygens (including phenoxy) is 1. The highest BCUT2D eigenvalue weighted by atomic mass is 79.9. The fourth-order valence-electron chi connectivity index (χ4n) is 1.21. The molecule has 0 aromatic heterocycles. The molecular weight excluding hydrogens is 347 g/mol. The van der Waals surface area contributed by atoms with Crippen LogP contribution in [0.3, 0.4) is 0 Å². The van der Waals surface area contributed by atoms with Gasteiger partial charge in [0.25, 0.3) is 0 Å². The molecule has 0 saturated carbocycles. The summed E-state index contributed by atoms with van der Waals surface area (Å²) < 4.78 is 40.8. The van der Waals surface area contributed by atoms with E-state index in [2.05, 4.69) is 26.0 Å². The quantitative estimate of drug-likeness (QED) is 0.769. The van der Waals surface area contributed by atoms with Gasteiger partial charge in [-0.25, -0.2) is 4.79 Å². The SMILES string of the molecule is NC(=O)NC(=O)CNc1ccc(Br)cc1OC(F)(F)F. The lowest BCUT2D eigenvalue weighted by Crippen LogP contribution is -2.38. The minimum absolute atomic E-state index is 0.0647. The number of carbonyl (C=O) groups is 2. The fraction of sp³-hybridized carbons (Fsp3) is 0.200. The molecule has 0 spiro atoms. The molecule has 0 radical (unpaired) electrons. The molecule has 0 aliphatic rings. The van der Waals surface area contributed by atoms with Crippen LogP contribution in [-0.4, -0.2) is 24.8 Å². The van der Waals surface area contributed by atoms with Gasteiger partial charge in [0.15, 0.2) is 5.75 Å². The van der Waals surface area contributed by atoms with Gasteiger partial charge >= 0.3 is 12.4 Å². The summed E-state index contributed by atoms with van der Waals surface area (Å²) in [6, 6.07) is 2.77. The molecule has 1 aromatic carbocycles. The normalized spacial score (nSPS) is 10.8. The van der Waals surface area contributed by atoms with E-state index in [9.17, 15) is 22.8 Å². The van der Waals surface area contributed by atoms with Crippen molar-refractivity contribution in [3.05, 3.63) is 22.7 Å². The number of hydrogen-bond acceptors (Lipinski definition) is 4. The Hall–Kier alpha value is -1.97. The highest BCUT2D eigenvalue weighted by molar-refractivity contribution is 9.10. The van der Waals surface area contributed by atoms with Crippen molar-refractivity contribution in [1.29, 1.82) is 0 Å². The lowest BCUT2D eigenvalue weighted by atomic mass is 10.3. The lowest BCUT2D eigenvalue weighted by Gasteiger charge is -2.14. The molecular formula is C10H9BrF3N3O3. The second-order valence-electron chi connectivity index (χ2n) is 3.45. The Morgan fingerprint density at radius 3 is 2.55 bits per heavy atom. The number of halogens is 4. The number of carbonyl (C=O) groups excluding carboxylic acids is 2. The summed E-state index contributed by atoms with van der Waals surface area (Å²) in [7, 11) is 0. The summed E-state index contributed by atoms with van der Waals surface area (Å²) in [5.41, 5.74) is 4.65. The molecule has 20 heavy (non-hydrogen) atoms. The Kier molecular flexibility index (Phi) is 5.19. The highest BCUT2D eigenvalue weighted by Gasteiger charge is 2.32. The highest BCUT2D eigenvalue weighted by Crippen LogP contribution is 2.32. The molecule has 0 atom stereocenters. The van der Waals surface area contributed by atoms with Crippen LogP contribution < -0.4 is 21.1 Å². The van der Waals surface area contributed by atoms with Crippen LogP contribution in [0.15, 0.2) is 22.7 Å². The molecule has 0 fully saturated rings. The van der Waals surface area contributed by atoms with Crippen molar-refractivity contribution in [3.8, 4) is 5.75 Å². The molecule has 1 rings (SSSR count). The van der Waals surface area contributed by atoms with E-state index in [0.29, 0.717) is 4.47 Å². The van der Waals surface area contributed by atoms with Crippen LogP contribution in [-0.2, 0) is 4.79 Å². The Labute approximate surface area is 119 Å². The first-order valence-electron chi connectivity index (χ1n) is 5.06. The number of nitrogens with two attached hydrogens (primary N) is 1. The van der Waals surface area contributed by atoms with E-state index in [1.165, 1.54) is 12.1 Å². The monoisotopic (exact) mass is 355 g/mol. The molecule has 0 bridgehead atoms. The van der Waals surface area contributed by atoms with E-state index in [0.717, 1.165) is 6.07 Å². The predicted octanol–water partition coefficient (Wildman–Crippen LogP) is 1.95. The predicted molar refractivity (Wildman–Crippen MR) is 67.0 cm³/mol. The van der Waals surface area contributed by atoms with E-state index in [1.54, 1.807) is 5.32 Å². The summed E-state index contributed by atoms with van der Waals surface area (Å²) in [4.78, 5) is 21.5. The third-order valence-electron chi connectivity index (χ3n) is 1.87. The van der Waals surface area contributed by atoms with E-state index >= 15 is 0 Å². The lowest BCUT2D eigenvalue weighted by molar-refractivity contribution is -0.274. The van der Waals surface area contributed by atoms with Crippen molar-refractivity contribution in [2.75, 3.05) is 11.9 Å². The van der Waals surface area contributed by atoms with Crippen molar-refractivity contribution in [1.82, 2.24) is 5.32 Å². The Morgan fingerprint density at radius 1 is 1.35 bits per heavy atom. The van der Waals surface area contributed by atoms with Gasteiger partial charge in [-0.05, 0) is 18.2 Å². The number of primary amides is 1. The van der Waals surface area contributed by atoms with Gasteiger partial charge in [-0.3, -0.25) is 10.1 Å². The topological polar surface area (TPSA) is 93.5 Å². The van der Waals surface area contributed by atoms with Gasteiger partial charge in [-0.2, -0.15) is 0 Å². The Bertz CT molecular complexity index is 522. The van der Waals surface area contributed by atoms with Crippen LogP contribution in [0.2, 0.25) is 0 Å². The Balaban J connectivity index is 2.79. The minimum atomic E-state index is -4.87. The second kappa shape index (κ2) is 6.46. The summed E-state index contributed by atoms with van der Waals surface area (Å²) >= 11 is 3.00. The van der Waals surface area contributed by atoms with Crippen molar-refractivity contribution in [2.45, 2.75) is 6.36 Å². The summed E-state index contributed by atoms with van der Waals surface area (Å²) in [5.74, 6) is -1.31. The zero-order valence-electron chi connectivity index (χ0n) is 9.75. The van der Waals surface area contributed by atoms with Crippen LogP contribution in [0.25, 0.3) is 0 Å². The van der Waals surface area contributed by atoms with E-state index in [1.807, 2.05) is 0 Å². The standard InChI is InChI=1S/C10H9BrF3N3O3/c11-5-1-2-6(7(3-5)20-10(12,13)14)16-4-8(18)17-9(15)19/h1-3,16H,4H2,(H3,15,17,18,19). The number of anilines is 1. The molecule has 3 amide bonds. The molecule has 110 valence electrons. The number of amides is 3. The van der Waals surface area contributed by atoms with E-state index in [4.69, 9.17) is 5.73 Å². The van der Waals surface area contributed by atoms with Crippen molar-refractivity contribution < 1.29 is 27.5 Å². The smallest absolute Gasteiger partial charge is 0.404 e. The van der Waals surface area contributed by atoms with Gasteiger partial charge in [-0.1, -0.05) is 15.9 Å². The van der Waals surface area contributed by atoms with Gasteiger partial charge in [0.05, 0.1) is 12.2 Å². The van der Waals surface area contributed by atoms with Crippen LogP contribution in [0.4, 0.5) is 23.7 Å². The fourth-order valence-corrected chi connectivity index (χ4v) is 1.55. The number of rotatable bonds is 4. The summed E-state index contributed by atoms with van der Waals surface area (Å²) in [5, 5.41) is 4.16. The number of urea groups is 1. The van der Waals surface area contributed by atoms with E-state index in [-0.39, 0.29) is 5.69 Å². The van der Waals surface area contributed by atoms with Crippen molar-refractivity contribution in [3.63, 3.8) is 0 Å². The average Bonchev–Trinajstić information content (AvgIpc) is 2.24. The Morgan fingerprint density at radius 2 is 2.00 bits per heavy atom. The first-order chi connectivity index (χ1) is 9.17. The average molecular weight is 356 g/mol. The number of alkyl halides is 3. The number of benzene rings is 1. The van der Waals surface area contributed by atoms with Crippen LogP contribution in [0.5, 0.6) is 5.75 Å². The molecule has 0 heterocycles. The molecule has 0 unspecified atom stereocenters. The minimum Gasteiger partial charge on any atom is -0.404 e. The third-order valence-corrected chi connectivity index (χ3v) is 2.36. The van der Waals surface area contributed by atoms with E-state index < -0.39 is 30.6 Å². The first kappa shape index (κ1) is 16.1. The largest absolute Gasteiger partial charge is 0.573 e. The maximum absolute atomic E-state index is 12.2. The molecule has 10 heteroatoms. The van der Waals surface area contributed by atoms with Crippen LogP contribution in [0.1, 0.15) is 0 Å². The van der Waals surface area contributed by atoms with Gasteiger partial charge < -0.3 is 15.8 Å². The zero-order valence-corrected chi connectivity index (χ0v) is 11.3. The summed E-state index contributed by atoms with van der Waals surface area (Å²) in [6.45, 7) is -0.446. The molecule has 4 N–H and O–H groups in total. The first-order valence-corrected chi connectivity index (χ1v) is 5.85. The maximum atomic E-state index is 12.2.